The minimum Gasteiger partial charge on any atom is -0.465 e. The number of anilines is 1. The van der Waals surface area contributed by atoms with Crippen LogP contribution in [-0.2, 0) is 14.8 Å². The molecule has 0 spiro atoms. The number of nitrogens with one attached hydrogen (secondary N) is 1. The van der Waals surface area contributed by atoms with Gasteiger partial charge in [0.1, 0.15) is 11.0 Å². The summed E-state index contributed by atoms with van der Waals surface area (Å²) in [7, 11) is -2.66. The second kappa shape index (κ2) is 5.33. The fraction of sp³-hybridized carbons (Fsp3) is 0.222. The molecule has 17 heavy (non-hydrogen) atoms. The number of rotatable bonds is 4. The van der Waals surface area contributed by atoms with Crippen molar-refractivity contribution < 1.29 is 22.3 Å². The molecule has 1 rings (SSSR count). The topological polar surface area (TPSA) is 72.5 Å². The van der Waals surface area contributed by atoms with Crippen LogP contribution in [0.3, 0.4) is 0 Å². The van der Waals surface area contributed by atoms with Crippen LogP contribution >= 0.6 is 11.6 Å². The highest BCUT2D eigenvalue weighted by Gasteiger charge is 2.14. The van der Waals surface area contributed by atoms with E-state index >= 15 is 0 Å². The largest absolute Gasteiger partial charge is 0.465 e. The SMILES string of the molecule is COC(=O)c1ccc(F)c(NS(=O)(=O)CCl)c1. The van der Waals surface area contributed by atoms with Gasteiger partial charge in [-0.2, -0.15) is 0 Å². The summed E-state index contributed by atoms with van der Waals surface area (Å²) in [4.78, 5) is 11.2. The zero-order valence-electron chi connectivity index (χ0n) is 8.74. The highest BCUT2D eigenvalue weighted by atomic mass is 35.5. The molecule has 0 saturated heterocycles. The number of alkyl halides is 1. The van der Waals surface area contributed by atoms with E-state index in [2.05, 4.69) is 4.74 Å². The van der Waals surface area contributed by atoms with Gasteiger partial charge in [-0.25, -0.2) is 17.6 Å². The van der Waals surface area contributed by atoms with Gasteiger partial charge in [0.25, 0.3) is 0 Å². The van der Waals surface area contributed by atoms with Gasteiger partial charge in [-0.15, -0.1) is 11.6 Å². The fourth-order valence-corrected chi connectivity index (χ4v) is 1.75. The summed E-state index contributed by atoms with van der Waals surface area (Å²) in [5, 5.41) is -0.713. The molecule has 0 unspecified atom stereocenters. The monoisotopic (exact) mass is 281 g/mol. The van der Waals surface area contributed by atoms with E-state index in [4.69, 9.17) is 11.6 Å². The third kappa shape index (κ3) is 3.57. The molecule has 0 saturated carbocycles. The lowest BCUT2D eigenvalue weighted by Crippen LogP contribution is -2.15. The van der Waals surface area contributed by atoms with Crippen LogP contribution in [0.4, 0.5) is 10.1 Å². The first-order valence-electron chi connectivity index (χ1n) is 4.34. The summed E-state index contributed by atoms with van der Waals surface area (Å²) in [6.07, 6.45) is 0. The van der Waals surface area contributed by atoms with Crippen LogP contribution in [0.2, 0.25) is 0 Å². The van der Waals surface area contributed by atoms with E-state index in [-0.39, 0.29) is 11.3 Å². The van der Waals surface area contributed by atoms with Crippen molar-refractivity contribution >= 4 is 33.3 Å². The maximum atomic E-state index is 13.3. The van der Waals surface area contributed by atoms with E-state index in [9.17, 15) is 17.6 Å². The van der Waals surface area contributed by atoms with Gasteiger partial charge in [-0.1, -0.05) is 0 Å². The minimum atomic E-state index is -3.82. The number of sulfonamides is 1. The molecule has 0 radical (unpaired) electrons. The first-order chi connectivity index (χ1) is 7.89. The Morgan fingerprint density at radius 3 is 2.71 bits per heavy atom. The summed E-state index contributed by atoms with van der Waals surface area (Å²) in [5.74, 6) is -1.51. The Balaban J connectivity index is 3.11. The van der Waals surface area contributed by atoms with Crippen molar-refractivity contribution in [1.82, 2.24) is 0 Å². The molecule has 1 N–H and O–H groups in total. The van der Waals surface area contributed by atoms with Crippen LogP contribution < -0.4 is 4.72 Å². The fourth-order valence-electron chi connectivity index (χ4n) is 1.04. The Morgan fingerprint density at radius 1 is 1.53 bits per heavy atom. The van der Waals surface area contributed by atoms with Crippen molar-refractivity contribution in [1.29, 1.82) is 0 Å². The highest BCUT2D eigenvalue weighted by molar-refractivity contribution is 7.93. The number of carbonyl (C=O) groups excluding carboxylic acids is 1. The average molecular weight is 282 g/mol. The van der Waals surface area contributed by atoms with E-state index in [0.717, 1.165) is 19.2 Å². The molecule has 1 aromatic carbocycles. The molecule has 0 aliphatic rings. The van der Waals surface area contributed by atoms with Crippen molar-refractivity contribution in [3.63, 3.8) is 0 Å². The van der Waals surface area contributed by atoms with Gasteiger partial charge in [0.15, 0.2) is 0 Å². The van der Waals surface area contributed by atoms with Crippen molar-refractivity contribution in [2.75, 3.05) is 17.0 Å². The number of benzene rings is 1. The number of hydrogen-bond acceptors (Lipinski definition) is 4. The molecule has 1 aromatic rings. The summed E-state index contributed by atoms with van der Waals surface area (Å²) >= 11 is 5.16. The molecule has 5 nitrogen and oxygen atoms in total. The van der Waals surface area contributed by atoms with E-state index in [0.29, 0.717) is 0 Å². The van der Waals surface area contributed by atoms with E-state index in [1.54, 1.807) is 0 Å². The molecule has 0 fully saturated rings. The van der Waals surface area contributed by atoms with Gasteiger partial charge in [0, 0.05) is 0 Å². The van der Waals surface area contributed by atoms with Crippen LogP contribution in [0.25, 0.3) is 0 Å². The number of carbonyl (C=O) groups is 1. The predicted octanol–water partition coefficient (Wildman–Crippen LogP) is 1.55. The summed E-state index contributed by atoms with van der Waals surface area (Å²) < 4.78 is 41.9. The van der Waals surface area contributed by atoms with Gasteiger partial charge in [0.2, 0.25) is 10.0 Å². The zero-order chi connectivity index (χ0) is 13.1. The molecule has 0 aromatic heterocycles. The van der Waals surface area contributed by atoms with Gasteiger partial charge in [-0.3, -0.25) is 4.72 Å². The standard InChI is InChI=1S/C9H9ClFNO4S/c1-16-9(13)6-2-3-7(11)8(4-6)12-17(14,15)5-10/h2-4,12H,5H2,1H3. The molecule has 8 heteroatoms. The number of halogens is 2. The quantitative estimate of drug-likeness (QED) is 0.671. The lowest BCUT2D eigenvalue weighted by atomic mass is 10.2. The van der Waals surface area contributed by atoms with Gasteiger partial charge in [0.05, 0.1) is 18.4 Å². The molecule has 94 valence electrons. The lowest BCUT2D eigenvalue weighted by molar-refractivity contribution is 0.0600. The Bertz CT molecular complexity index is 532. The molecule has 0 aliphatic carbocycles. The van der Waals surface area contributed by atoms with Crippen molar-refractivity contribution in [2.45, 2.75) is 0 Å². The third-order valence-corrected chi connectivity index (χ3v) is 3.48. The smallest absolute Gasteiger partial charge is 0.337 e. The average Bonchev–Trinajstić information content (AvgIpc) is 2.30. The Labute approximate surface area is 103 Å². The second-order valence-electron chi connectivity index (χ2n) is 3.01. The van der Waals surface area contributed by atoms with E-state index < -0.39 is 27.0 Å². The van der Waals surface area contributed by atoms with Gasteiger partial charge in [-0.05, 0) is 18.2 Å². The van der Waals surface area contributed by atoms with Crippen LogP contribution in [-0.4, -0.2) is 26.7 Å². The summed E-state index contributed by atoms with van der Waals surface area (Å²) in [6, 6.07) is 3.17. The van der Waals surface area contributed by atoms with Crippen molar-refractivity contribution in [2.24, 2.45) is 0 Å². The van der Waals surface area contributed by atoms with E-state index in [1.807, 2.05) is 4.72 Å². The zero-order valence-corrected chi connectivity index (χ0v) is 10.3. The summed E-state index contributed by atoms with van der Waals surface area (Å²) in [5.41, 5.74) is -0.324. The number of ether oxygens (including phenoxy) is 1. The number of hydrogen-bond donors (Lipinski definition) is 1. The molecular formula is C9H9ClFNO4S. The molecule has 0 bridgehead atoms. The molecule has 0 aliphatic heterocycles. The third-order valence-electron chi connectivity index (χ3n) is 1.80. The first-order valence-corrected chi connectivity index (χ1v) is 6.52. The molecule has 0 amide bonds. The lowest BCUT2D eigenvalue weighted by Gasteiger charge is -2.07. The Hall–Kier alpha value is -1.34. The Morgan fingerprint density at radius 2 is 2.18 bits per heavy atom. The number of methoxy groups -OCH3 is 1. The van der Waals surface area contributed by atoms with Crippen LogP contribution in [0, 0.1) is 5.82 Å². The number of esters is 1. The van der Waals surface area contributed by atoms with Gasteiger partial charge >= 0.3 is 5.97 Å². The molecule has 0 heterocycles. The summed E-state index contributed by atoms with van der Waals surface area (Å²) in [6.45, 7) is 0. The molecule has 0 atom stereocenters. The van der Waals surface area contributed by atoms with Gasteiger partial charge < -0.3 is 4.74 Å². The minimum absolute atomic E-state index is 0.0289. The normalized spacial score (nSPS) is 11.0. The van der Waals surface area contributed by atoms with Crippen molar-refractivity contribution in [3.8, 4) is 0 Å². The van der Waals surface area contributed by atoms with Crippen LogP contribution in [0.1, 0.15) is 10.4 Å². The maximum absolute atomic E-state index is 13.3. The maximum Gasteiger partial charge on any atom is 0.337 e. The molecular weight excluding hydrogens is 273 g/mol. The van der Waals surface area contributed by atoms with Crippen LogP contribution in [0.5, 0.6) is 0 Å². The predicted molar refractivity (Wildman–Crippen MR) is 61.0 cm³/mol. The van der Waals surface area contributed by atoms with Crippen LogP contribution in [0.15, 0.2) is 18.2 Å². The second-order valence-corrected chi connectivity index (χ2v) is 5.32. The first kappa shape index (κ1) is 13.7. The van der Waals surface area contributed by atoms with Crippen molar-refractivity contribution in [3.05, 3.63) is 29.6 Å². The Kier molecular flexibility index (Phi) is 4.30. The highest BCUT2D eigenvalue weighted by Crippen LogP contribution is 2.18. The van der Waals surface area contributed by atoms with E-state index in [1.165, 1.54) is 6.07 Å².